The van der Waals surface area contributed by atoms with Gasteiger partial charge in [-0.25, -0.2) is 0 Å². The standard InChI is InChI=1S/C22H18BrClN2O4S/c1-29-17-8-5-13(9-16(17)23)18-15(10-25)21(26-20(27)19(18)22(28)30-2)31-11-12-3-6-14(24)7-4-12/h3-9,18-19H,11H2,1-2H3,(H,26,27)/t18-,19+/m1/s1. The molecule has 0 unspecified atom stereocenters. The Balaban J connectivity index is 2.04. The predicted octanol–water partition coefficient (Wildman–Crippen LogP) is 4.78. The zero-order chi connectivity index (χ0) is 22.5. The van der Waals surface area contributed by atoms with Crippen LogP contribution in [0.3, 0.4) is 0 Å². The van der Waals surface area contributed by atoms with E-state index in [0.717, 1.165) is 5.56 Å². The molecule has 31 heavy (non-hydrogen) atoms. The third-order valence-electron chi connectivity index (χ3n) is 4.82. The average molecular weight is 522 g/mol. The van der Waals surface area contributed by atoms with Crippen molar-refractivity contribution in [1.82, 2.24) is 5.32 Å². The smallest absolute Gasteiger partial charge is 0.319 e. The quantitative estimate of drug-likeness (QED) is 0.435. The van der Waals surface area contributed by atoms with Crippen LogP contribution < -0.4 is 10.1 Å². The summed E-state index contributed by atoms with van der Waals surface area (Å²) in [6.07, 6.45) is 0. The number of halogens is 2. The Morgan fingerprint density at radius 2 is 1.97 bits per heavy atom. The Kier molecular flexibility index (Phi) is 7.65. The minimum absolute atomic E-state index is 0.297. The molecule has 0 saturated heterocycles. The van der Waals surface area contributed by atoms with Crippen molar-refractivity contribution in [3.05, 3.63) is 73.7 Å². The summed E-state index contributed by atoms with van der Waals surface area (Å²) in [6, 6.07) is 14.7. The summed E-state index contributed by atoms with van der Waals surface area (Å²) in [5.74, 6) is -2.08. The van der Waals surface area contributed by atoms with Crippen LogP contribution in [0.1, 0.15) is 17.0 Å². The van der Waals surface area contributed by atoms with Crippen LogP contribution in [0, 0.1) is 17.2 Å². The first-order valence-corrected chi connectivity index (χ1v) is 11.3. The van der Waals surface area contributed by atoms with Crippen molar-refractivity contribution in [3.8, 4) is 11.8 Å². The van der Waals surface area contributed by atoms with E-state index in [4.69, 9.17) is 21.1 Å². The Bertz CT molecular complexity index is 1080. The SMILES string of the molecule is COC(=O)[C@@H]1C(=O)NC(SCc2ccc(Cl)cc2)=C(C#N)[C@H]1c1ccc(OC)c(Br)c1. The lowest BCUT2D eigenvalue weighted by molar-refractivity contribution is -0.150. The van der Waals surface area contributed by atoms with Gasteiger partial charge in [-0.05, 0) is 51.3 Å². The predicted molar refractivity (Wildman–Crippen MR) is 122 cm³/mol. The molecule has 3 rings (SSSR count). The lowest BCUT2D eigenvalue weighted by Crippen LogP contribution is -2.44. The van der Waals surface area contributed by atoms with Crippen LogP contribution in [0.15, 0.2) is 57.5 Å². The molecule has 0 fully saturated rings. The second-order valence-electron chi connectivity index (χ2n) is 6.63. The number of ether oxygens (including phenoxy) is 2. The van der Waals surface area contributed by atoms with Gasteiger partial charge in [-0.3, -0.25) is 9.59 Å². The summed E-state index contributed by atoms with van der Waals surface area (Å²) in [6.45, 7) is 0. The molecule has 1 heterocycles. The first kappa shape index (κ1) is 23.2. The fourth-order valence-corrected chi connectivity index (χ4v) is 4.98. The number of allylic oxidation sites excluding steroid dienone is 1. The molecule has 0 bridgehead atoms. The molecule has 160 valence electrons. The fraction of sp³-hybridized carbons (Fsp3) is 0.227. The number of nitrogens with one attached hydrogen (secondary N) is 1. The lowest BCUT2D eigenvalue weighted by atomic mass is 9.78. The second-order valence-corrected chi connectivity index (χ2v) is 8.91. The van der Waals surface area contributed by atoms with Crippen molar-refractivity contribution in [2.75, 3.05) is 14.2 Å². The van der Waals surface area contributed by atoms with E-state index in [1.165, 1.54) is 26.0 Å². The molecule has 2 aromatic carbocycles. The number of hydrogen-bond donors (Lipinski definition) is 1. The molecule has 2 atom stereocenters. The topological polar surface area (TPSA) is 88.4 Å². The molecule has 1 aliphatic rings. The third-order valence-corrected chi connectivity index (χ3v) is 6.78. The van der Waals surface area contributed by atoms with Gasteiger partial charge in [0.15, 0.2) is 0 Å². The lowest BCUT2D eigenvalue weighted by Gasteiger charge is -2.31. The van der Waals surface area contributed by atoms with Crippen LogP contribution >= 0.6 is 39.3 Å². The van der Waals surface area contributed by atoms with Gasteiger partial charge in [0.2, 0.25) is 5.91 Å². The number of amides is 1. The molecule has 1 N–H and O–H groups in total. The van der Waals surface area contributed by atoms with Crippen LogP contribution in [0.25, 0.3) is 0 Å². The molecule has 1 aliphatic heterocycles. The highest BCUT2D eigenvalue weighted by Gasteiger charge is 2.44. The Hall–Kier alpha value is -2.47. The van der Waals surface area contributed by atoms with Gasteiger partial charge in [0, 0.05) is 16.7 Å². The maximum absolute atomic E-state index is 12.9. The number of nitrogens with zero attached hydrogens (tertiary/aromatic N) is 1. The highest BCUT2D eigenvalue weighted by atomic mass is 79.9. The number of methoxy groups -OCH3 is 2. The highest BCUT2D eigenvalue weighted by Crippen LogP contribution is 2.42. The summed E-state index contributed by atoms with van der Waals surface area (Å²) >= 11 is 10.7. The summed E-state index contributed by atoms with van der Waals surface area (Å²) in [5, 5.41) is 13.7. The number of benzene rings is 2. The summed E-state index contributed by atoms with van der Waals surface area (Å²) in [7, 11) is 2.76. The van der Waals surface area contributed by atoms with E-state index in [9.17, 15) is 14.9 Å². The molecule has 0 spiro atoms. The number of carbonyl (C=O) groups is 2. The largest absolute Gasteiger partial charge is 0.496 e. The van der Waals surface area contributed by atoms with Gasteiger partial charge in [0.1, 0.15) is 11.7 Å². The highest BCUT2D eigenvalue weighted by molar-refractivity contribution is 9.10. The van der Waals surface area contributed by atoms with Crippen LogP contribution in [0.2, 0.25) is 5.02 Å². The second kappa shape index (κ2) is 10.2. The third kappa shape index (κ3) is 5.06. The van der Waals surface area contributed by atoms with Crippen LogP contribution in [0.4, 0.5) is 0 Å². The van der Waals surface area contributed by atoms with Gasteiger partial charge in [0.25, 0.3) is 0 Å². The fourth-order valence-electron chi connectivity index (χ4n) is 3.29. The monoisotopic (exact) mass is 520 g/mol. The van der Waals surface area contributed by atoms with Crippen molar-refractivity contribution in [2.24, 2.45) is 5.92 Å². The normalized spacial score (nSPS) is 18.2. The Labute approximate surface area is 197 Å². The number of esters is 1. The van der Waals surface area contributed by atoms with Gasteiger partial charge in [-0.2, -0.15) is 5.26 Å². The minimum Gasteiger partial charge on any atom is -0.496 e. The van der Waals surface area contributed by atoms with E-state index in [0.29, 0.717) is 37.2 Å². The molecule has 0 saturated carbocycles. The first-order chi connectivity index (χ1) is 14.9. The van der Waals surface area contributed by atoms with E-state index >= 15 is 0 Å². The molecule has 0 radical (unpaired) electrons. The van der Waals surface area contributed by atoms with Crippen molar-refractivity contribution in [2.45, 2.75) is 11.7 Å². The van der Waals surface area contributed by atoms with E-state index < -0.39 is 23.7 Å². The Morgan fingerprint density at radius 1 is 1.26 bits per heavy atom. The molecule has 0 aromatic heterocycles. The van der Waals surface area contributed by atoms with Gasteiger partial charge in [-0.15, -0.1) is 11.8 Å². The van der Waals surface area contributed by atoms with Gasteiger partial charge < -0.3 is 14.8 Å². The van der Waals surface area contributed by atoms with Crippen LogP contribution in [-0.2, 0) is 20.1 Å². The first-order valence-electron chi connectivity index (χ1n) is 9.13. The van der Waals surface area contributed by atoms with Crippen molar-refractivity contribution in [3.63, 3.8) is 0 Å². The number of carbonyl (C=O) groups excluding carboxylic acids is 2. The summed E-state index contributed by atoms with van der Waals surface area (Å²) in [4.78, 5) is 25.4. The molecular weight excluding hydrogens is 504 g/mol. The number of thioether (sulfide) groups is 1. The maximum atomic E-state index is 12.9. The van der Waals surface area contributed by atoms with Crippen molar-refractivity contribution < 1.29 is 19.1 Å². The average Bonchev–Trinajstić information content (AvgIpc) is 2.77. The van der Waals surface area contributed by atoms with Gasteiger partial charge in [0.05, 0.1) is 35.4 Å². The zero-order valence-corrected chi connectivity index (χ0v) is 19.8. The molecular formula is C22H18BrClN2O4S. The van der Waals surface area contributed by atoms with Crippen molar-refractivity contribution in [1.29, 1.82) is 5.26 Å². The summed E-state index contributed by atoms with van der Waals surface area (Å²) < 4.78 is 10.8. The van der Waals surface area contributed by atoms with E-state index in [-0.39, 0.29) is 0 Å². The molecule has 2 aromatic rings. The molecule has 1 amide bonds. The number of hydrogen-bond acceptors (Lipinski definition) is 6. The Morgan fingerprint density at radius 3 is 2.55 bits per heavy atom. The van der Waals surface area contributed by atoms with Gasteiger partial charge in [-0.1, -0.05) is 29.8 Å². The van der Waals surface area contributed by atoms with E-state index in [1.54, 1.807) is 30.3 Å². The van der Waals surface area contributed by atoms with E-state index in [1.807, 2.05) is 12.1 Å². The molecule has 0 aliphatic carbocycles. The maximum Gasteiger partial charge on any atom is 0.319 e. The molecule has 6 nitrogen and oxygen atoms in total. The summed E-state index contributed by atoms with van der Waals surface area (Å²) in [5.41, 5.74) is 1.90. The van der Waals surface area contributed by atoms with E-state index in [2.05, 4.69) is 27.3 Å². The van der Waals surface area contributed by atoms with Crippen LogP contribution in [-0.4, -0.2) is 26.1 Å². The van der Waals surface area contributed by atoms with Gasteiger partial charge >= 0.3 is 5.97 Å². The van der Waals surface area contributed by atoms with Crippen molar-refractivity contribution >= 4 is 51.2 Å². The zero-order valence-electron chi connectivity index (χ0n) is 16.6. The molecule has 9 heteroatoms. The van der Waals surface area contributed by atoms with Crippen LogP contribution in [0.5, 0.6) is 5.75 Å². The minimum atomic E-state index is -1.18. The number of nitriles is 1. The number of rotatable bonds is 6.